The number of piperidine rings is 1. The van der Waals surface area contributed by atoms with Gasteiger partial charge < -0.3 is 10.4 Å². The highest BCUT2D eigenvalue weighted by atomic mass is 16.4. The molecule has 0 saturated carbocycles. The van der Waals surface area contributed by atoms with Crippen molar-refractivity contribution < 1.29 is 14.7 Å². The normalized spacial score (nSPS) is 22.8. The van der Waals surface area contributed by atoms with E-state index in [-0.39, 0.29) is 24.3 Å². The van der Waals surface area contributed by atoms with Crippen molar-refractivity contribution in [1.82, 2.24) is 10.2 Å². The maximum absolute atomic E-state index is 12.0. The fourth-order valence-electron chi connectivity index (χ4n) is 2.78. The molecular weight excluding hydrogens is 256 g/mol. The molecule has 114 valence electrons. The van der Waals surface area contributed by atoms with Crippen LogP contribution in [0.4, 0.5) is 0 Å². The van der Waals surface area contributed by atoms with E-state index in [1.807, 2.05) is 13.8 Å². The van der Waals surface area contributed by atoms with Crippen LogP contribution >= 0.6 is 0 Å². The number of hydrogen-bond donors (Lipinski definition) is 2. The van der Waals surface area contributed by atoms with Crippen molar-refractivity contribution in [3.05, 3.63) is 12.7 Å². The first-order valence-electron chi connectivity index (χ1n) is 7.30. The van der Waals surface area contributed by atoms with E-state index in [9.17, 15) is 9.59 Å². The Labute approximate surface area is 121 Å². The van der Waals surface area contributed by atoms with Crippen LogP contribution in [0.25, 0.3) is 0 Å². The molecule has 5 heteroatoms. The number of hydrogen-bond acceptors (Lipinski definition) is 3. The lowest BCUT2D eigenvalue weighted by atomic mass is 9.84. The van der Waals surface area contributed by atoms with E-state index < -0.39 is 5.97 Å². The Kier molecular flexibility index (Phi) is 6.71. The Morgan fingerprint density at radius 2 is 2.20 bits per heavy atom. The summed E-state index contributed by atoms with van der Waals surface area (Å²) in [6, 6.07) is -0.172. The average molecular weight is 282 g/mol. The number of likely N-dealkylation sites (tertiary alicyclic amines) is 1. The quantitative estimate of drug-likeness (QED) is 0.694. The molecule has 0 spiro atoms. The van der Waals surface area contributed by atoms with E-state index in [4.69, 9.17) is 5.11 Å². The molecule has 0 aromatic carbocycles. The van der Waals surface area contributed by atoms with Crippen LogP contribution in [0.2, 0.25) is 0 Å². The monoisotopic (exact) mass is 282 g/mol. The predicted molar refractivity (Wildman–Crippen MR) is 78.4 cm³/mol. The fraction of sp³-hybridized carbons (Fsp3) is 0.733. The van der Waals surface area contributed by atoms with Gasteiger partial charge in [-0.05, 0) is 38.1 Å². The van der Waals surface area contributed by atoms with Gasteiger partial charge in [0, 0.05) is 19.5 Å². The van der Waals surface area contributed by atoms with Crippen LogP contribution in [0.15, 0.2) is 12.7 Å². The van der Waals surface area contributed by atoms with Gasteiger partial charge in [0.15, 0.2) is 0 Å². The molecule has 3 unspecified atom stereocenters. The van der Waals surface area contributed by atoms with Crippen LogP contribution in [0, 0.1) is 11.8 Å². The molecule has 3 atom stereocenters. The molecule has 1 fully saturated rings. The third kappa shape index (κ3) is 4.96. The first-order chi connectivity index (χ1) is 9.45. The van der Waals surface area contributed by atoms with Gasteiger partial charge in [-0.1, -0.05) is 13.0 Å². The smallest absolute Gasteiger partial charge is 0.303 e. The van der Waals surface area contributed by atoms with Crippen LogP contribution in [0.3, 0.4) is 0 Å². The summed E-state index contributed by atoms with van der Waals surface area (Å²) in [5.41, 5.74) is 0. The van der Waals surface area contributed by atoms with E-state index >= 15 is 0 Å². The van der Waals surface area contributed by atoms with Crippen molar-refractivity contribution in [2.45, 2.75) is 39.2 Å². The van der Waals surface area contributed by atoms with Gasteiger partial charge in [0.05, 0.1) is 6.04 Å². The number of carboxylic acids is 1. The summed E-state index contributed by atoms with van der Waals surface area (Å²) >= 11 is 0. The zero-order valence-corrected chi connectivity index (χ0v) is 12.5. The van der Waals surface area contributed by atoms with Crippen molar-refractivity contribution in [3.63, 3.8) is 0 Å². The van der Waals surface area contributed by atoms with Gasteiger partial charge >= 0.3 is 5.97 Å². The molecule has 0 bridgehead atoms. The predicted octanol–water partition coefficient (Wildman–Crippen LogP) is 1.50. The minimum atomic E-state index is -0.744. The van der Waals surface area contributed by atoms with Gasteiger partial charge in [-0.2, -0.15) is 0 Å². The molecule has 1 heterocycles. The van der Waals surface area contributed by atoms with Crippen LogP contribution in [0.5, 0.6) is 0 Å². The first-order valence-corrected chi connectivity index (χ1v) is 7.30. The molecule has 2 N–H and O–H groups in total. The Balaban J connectivity index is 2.52. The second-order valence-electron chi connectivity index (χ2n) is 5.68. The lowest BCUT2D eigenvalue weighted by molar-refractivity contribution is -0.139. The van der Waals surface area contributed by atoms with Crippen LogP contribution in [-0.2, 0) is 9.59 Å². The minimum absolute atomic E-state index is 0.0106. The molecule has 0 aromatic heterocycles. The third-order valence-electron chi connectivity index (χ3n) is 4.14. The Bertz CT molecular complexity index is 357. The largest absolute Gasteiger partial charge is 0.481 e. The number of amides is 1. The highest BCUT2D eigenvalue weighted by molar-refractivity contribution is 5.81. The number of carboxylic acid groups (broad SMARTS) is 1. The molecule has 1 aliphatic heterocycles. The van der Waals surface area contributed by atoms with E-state index in [1.54, 1.807) is 6.08 Å². The molecule has 1 aliphatic rings. The summed E-state index contributed by atoms with van der Waals surface area (Å²) in [6.07, 6.45) is 3.94. The maximum Gasteiger partial charge on any atom is 0.303 e. The standard InChI is InChI=1S/C15H26N2O3/c1-4-7-16-15(20)12(3)17-8-5-6-13(10-17)11(2)9-14(18)19/h4,11-13H,1,5-10H2,2-3H3,(H,16,20)(H,18,19). The van der Waals surface area contributed by atoms with Crippen molar-refractivity contribution in [1.29, 1.82) is 0 Å². The maximum atomic E-state index is 12.0. The molecule has 5 nitrogen and oxygen atoms in total. The number of nitrogens with one attached hydrogen (secondary N) is 1. The van der Waals surface area contributed by atoms with Crippen molar-refractivity contribution >= 4 is 11.9 Å². The third-order valence-corrected chi connectivity index (χ3v) is 4.14. The topological polar surface area (TPSA) is 69.6 Å². The first kappa shape index (κ1) is 16.7. The van der Waals surface area contributed by atoms with Crippen molar-refractivity contribution in [2.24, 2.45) is 11.8 Å². The molecule has 1 saturated heterocycles. The molecule has 0 radical (unpaired) electrons. The van der Waals surface area contributed by atoms with E-state index in [1.165, 1.54) is 0 Å². The molecule has 1 amide bonds. The van der Waals surface area contributed by atoms with Crippen molar-refractivity contribution in [2.75, 3.05) is 19.6 Å². The minimum Gasteiger partial charge on any atom is -0.481 e. The Morgan fingerprint density at radius 3 is 2.80 bits per heavy atom. The van der Waals surface area contributed by atoms with Gasteiger partial charge in [0.2, 0.25) is 5.91 Å². The summed E-state index contributed by atoms with van der Waals surface area (Å²) < 4.78 is 0. The Hall–Kier alpha value is -1.36. The number of carbonyl (C=O) groups is 2. The van der Waals surface area contributed by atoms with Gasteiger partial charge in [-0.15, -0.1) is 6.58 Å². The summed E-state index contributed by atoms with van der Waals surface area (Å²) in [5, 5.41) is 11.7. The zero-order valence-electron chi connectivity index (χ0n) is 12.5. The second-order valence-corrected chi connectivity index (χ2v) is 5.68. The lowest BCUT2D eigenvalue weighted by Gasteiger charge is -2.38. The number of rotatable bonds is 7. The summed E-state index contributed by atoms with van der Waals surface area (Å²) in [7, 11) is 0. The highest BCUT2D eigenvalue weighted by Crippen LogP contribution is 2.27. The van der Waals surface area contributed by atoms with Gasteiger partial charge in [0.1, 0.15) is 0 Å². The summed E-state index contributed by atoms with van der Waals surface area (Å²) in [6.45, 7) is 9.67. The van der Waals surface area contributed by atoms with Crippen LogP contribution in [-0.4, -0.2) is 47.6 Å². The summed E-state index contributed by atoms with van der Waals surface area (Å²) in [4.78, 5) is 24.9. The SMILES string of the molecule is C=CCNC(=O)C(C)N1CCCC(C(C)CC(=O)O)C1. The number of carbonyl (C=O) groups excluding carboxylic acids is 1. The average Bonchev–Trinajstić information content (AvgIpc) is 2.43. The zero-order chi connectivity index (χ0) is 15.1. The van der Waals surface area contributed by atoms with Crippen molar-refractivity contribution in [3.8, 4) is 0 Å². The second kappa shape index (κ2) is 8.04. The van der Waals surface area contributed by atoms with Crippen LogP contribution in [0.1, 0.15) is 33.1 Å². The molecule has 0 aliphatic carbocycles. The van der Waals surface area contributed by atoms with Gasteiger partial charge in [0.25, 0.3) is 0 Å². The molecular formula is C15H26N2O3. The molecule has 20 heavy (non-hydrogen) atoms. The molecule has 0 aromatic rings. The Morgan fingerprint density at radius 1 is 1.50 bits per heavy atom. The van der Waals surface area contributed by atoms with E-state index in [0.717, 1.165) is 25.9 Å². The van der Waals surface area contributed by atoms with Gasteiger partial charge in [-0.25, -0.2) is 0 Å². The number of nitrogens with zero attached hydrogens (tertiary/aromatic N) is 1. The fourth-order valence-corrected chi connectivity index (χ4v) is 2.78. The molecule has 1 rings (SSSR count). The van der Waals surface area contributed by atoms with Crippen LogP contribution < -0.4 is 5.32 Å². The van der Waals surface area contributed by atoms with Gasteiger partial charge in [-0.3, -0.25) is 14.5 Å². The van der Waals surface area contributed by atoms with E-state index in [0.29, 0.717) is 12.5 Å². The lowest BCUT2D eigenvalue weighted by Crippen LogP contribution is -2.50. The number of aliphatic carboxylic acids is 1. The summed E-state index contributed by atoms with van der Waals surface area (Å²) in [5.74, 6) is -0.226. The van der Waals surface area contributed by atoms with E-state index in [2.05, 4.69) is 16.8 Å². The highest BCUT2D eigenvalue weighted by Gasteiger charge is 2.30.